The first-order chi connectivity index (χ1) is 3.82. The highest BCUT2D eigenvalue weighted by Crippen LogP contribution is 2.78. The Morgan fingerprint density at radius 3 is 2.12 bits per heavy atom. The van der Waals surface area contributed by atoms with Gasteiger partial charge in [-0.3, -0.25) is 0 Å². The van der Waals surface area contributed by atoms with Gasteiger partial charge in [-0.15, -0.1) is 0 Å². The molecule has 42 valence electrons. The molecule has 0 aromatic rings. The van der Waals surface area contributed by atoms with Crippen LogP contribution in [0.1, 0.15) is 25.7 Å². The lowest BCUT2D eigenvalue weighted by atomic mass is 10.1. The standard InChI is InChI=1S/C6H8N2/c7-8-5-2-1-3-6(5,8)4-5/h1-4H2. The van der Waals surface area contributed by atoms with E-state index in [0.29, 0.717) is 11.1 Å². The van der Waals surface area contributed by atoms with E-state index in [4.69, 9.17) is 5.53 Å². The largest absolute Gasteiger partial charge is 0.505 e. The number of nitrogens with zero attached hydrogens (tertiary/aromatic N) is 2. The molecule has 1 heterocycles. The molecule has 2 saturated carbocycles. The van der Waals surface area contributed by atoms with Crippen molar-refractivity contribution in [3.8, 4) is 0 Å². The predicted octanol–water partition coefficient (Wildman–Crippen LogP) is 1.10. The van der Waals surface area contributed by atoms with Gasteiger partial charge in [-0.2, -0.15) is 0 Å². The summed E-state index contributed by atoms with van der Waals surface area (Å²) in [6.07, 6.45) is 5.14. The van der Waals surface area contributed by atoms with Gasteiger partial charge in [0.1, 0.15) is 0 Å². The van der Waals surface area contributed by atoms with Gasteiger partial charge in [-0.25, -0.2) is 0 Å². The molecule has 0 amide bonds. The smallest absolute Gasteiger partial charge is 0.222 e. The molecule has 8 heavy (non-hydrogen) atoms. The van der Waals surface area contributed by atoms with Crippen LogP contribution >= 0.6 is 0 Å². The quantitative estimate of drug-likeness (QED) is 0.328. The average molecular weight is 108 g/mol. The summed E-state index contributed by atoms with van der Waals surface area (Å²) in [6, 6.07) is 0. The highest BCUT2D eigenvalue weighted by molar-refractivity contribution is 5.33. The molecule has 0 aromatic heterocycles. The third-order valence-corrected chi connectivity index (χ3v) is 3.27. The van der Waals surface area contributed by atoms with Crippen LogP contribution in [0, 0.1) is 0 Å². The van der Waals surface area contributed by atoms with Gasteiger partial charge in [0.2, 0.25) is 11.1 Å². The summed E-state index contributed by atoms with van der Waals surface area (Å²) >= 11 is 0. The molecule has 1 saturated heterocycles. The van der Waals surface area contributed by atoms with E-state index in [0.717, 1.165) is 0 Å². The van der Waals surface area contributed by atoms with Crippen LogP contribution < -0.4 is 0 Å². The molecule has 3 aliphatic rings. The summed E-state index contributed by atoms with van der Waals surface area (Å²) in [6.45, 7) is 0. The Balaban J connectivity index is 2.19. The maximum absolute atomic E-state index is 9.08. The molecule has 0 bridgehead atoms. The first-order valence-corrected chi connectivity index (χ1v) is 3.31. The van der Waals surface area contributed by atoms with Crippen molar-refractivity contribution >= 4 is 0 Å². The summed E-state index contributed by atoms with van der Waals surface area (Å²) in [5.41, 5.74) is 9.79. The van der Waals surface area contributed by atoms with E-state index >= 15 is 0 Å². The second kappa shape index (κ2) is 0.598. The van der Waals surface area contributed by atoms with Gasteiger partial charge < -0.3 is 10.2 Å². The van der Waals surface area contributed by atoms with Gasteiger partial charge in [-0.1, -0.05) is 0 Å². The molecular weight excluding hydrogens is 100 g/mol. The fourth-order valence-electron chi connectivity index (χ4n) is 2.57. The van der Waals surface area contributed by atoms with Crippen LogP contribution in [0.3, 0.4) is 0 Å². The van der Waals surface area contributed by atoms with Crippen LogP contribution in [0.25, 0.3) is 5.53 Å². The monoisotopic (exact) mass is 108 g/mol. The maximum Gasteiger partial charge on any atom is 0.222 e. The zero-order valence-corrected chi connectivity index (χ0v) is 4.72. The number of hydrogen-bond acceptors (Lipinski definition) is 0. The molecule has 0 spiro atoms. The Morgan fingerprint density at radius 2 is 1.88 bits per heavy atom. The Morgan fingerprint density at radius 1 is 1.25 bits per heavy atom. The lowest BCUT2D eigenvalue weighted by Gasteiger charge is -2.05. The Kier molecular flexibility index (Phi) is 0.269. The average Bonchev–Trinajstić information content (AvgIpc) is 2.48. The molecule has 0 aromatic carbocycles. The van der Waals surface area contributed by atoms with Crippen LogP contribution in [0.2, 0.25) is 0 Å². The van der Waals surface area contributed by atoms with E-state index in [2.05, 4.69) is 0 Å². The molecule has 0 N–H and O–H groups in total. The van der Waals surface area contributed by atoms with Gasteiger partial charge in [0, 0.05) is 12.8 Å². The van der Waals surface area contributed by atoms with Gasteiger partial charge in [0.25, 0.3) is 0 Å². The van der Waals surface area contributed by atoms with Crippen molar-refractivity contribution < 1.29 is 4.70 Å². The SMILES string of the molecule is [N-]=[N+]1C23CCCC12C3. The normalized spacial score (nSPS) is 64.8. The van der Waals surface area contributed by atoms with Gasteiger partial charge in [0.05, 0.1) is 6.42 Å². The minimum atomic E-state index is 0.354. The van der Waals surface area contributed by atoms with Crippen LogP contribution in [-0.4, -0.2) is 15.8 Å². The van der Waals surface area contributed by atoms with Crippen molar-refractivity contribution in [2.24, 2.45) is 0 Å². The van der Waals surface area contributed by atoms with Crippen molar-refractivity contribution in [2.45, 2.75) is 36.8 Å². The number of piperidine rings is 1. The van der Waals surface area contributed by atoms with E-state index in [9.17, 15) is 0 Å². The maximum atomic E-state index is 9.08. The molecule has 3 rings (SSSR count). The molecule has 2 heteroatoms. The third kappa shape index (κ3) is 0.127. The van der Waals surface area contributed by atoms with E-state index < -0.39 is 0 Å². The molecule has 2 nitrogen and oxygen atoms in total. The second-order valence-corrected chi connectivity index (χ2v) is 3.41. The van der Waals surface area contributed by atoms with Crippen molar-refractivity contribution in [1.29, 1.82) is 0 Å². The van der Waals surface area contributed by atoms with E-state index in [1.807, 2.05) is 0 Å². The molecule has 2 atom stereocenters. The zero-order chi connectivity index (χ0) is 5.41. The summed E-state index contributed by atoms with van der Waals surface area (Å²) < 4.78 is 1.57. The van der Waals surface area contributed by atoms with E-state index in [1.165, 1.54) is 25.7 Å². The lowest BCUT2D eigenvalue weighted by Crippen LogP contribution is -2.11. The van der Waals surface area contributed by atoms with Crippen molar-refractivity contribution in [3.05, 3.63) is 5.53 Å². The minimum absolute atomic E-state index is 0.354. The first-order valence-electron chi connectivity index (χ1n) is 3.31. The van der Waals surface area contributed by atoms with Crippen molar-refractivity contribution in [2.75, 3.05) is 0 Å². The predicted molar refractivity (Wildman–Crippen MR) is 27.5 cm³/mol. The van der Waals surface area contributed by atoms with Crippen molar-refractivity contribution in [1.82, 2.24) is 0 Å². The molecule has 2 unspecified atom stereocenters. The van der Waals surface area contributed by atoms with Crippen LogP contribution in [-0.2, 0) is 0 Å². The highest BCUT2D eigenvalue weighted by Gasteiger charge is 2.99. The summed E-state index contributed by atoms with van der Waals surface area (Å²) in [7, 11) is 0. The van der Waals surface area contributed by atoms with Crippen LogP contribution in [0.4, 0.5) is 0 Å². The summed E-state index contributed by atoms with van der Waals surface area (Å²) in [5, 5.41) is 0. The Labute approximate surface area is 48.0 Å². The topological polar surface area (TPSA) is 25.3 Å². The Hall–Kier alpha value is -0.400. The molecule has 3 fully saturated rings. The van der Waals surface area contributed by atoms with Gasteiger partial charge in [0.15, 0.2) is 0 Å². The van der Waals surface area contributed by atoms with Crippen LogP contribution in [0.5, 0.6) is 0 Å². The minimum Gasteiger partial charge on any atom is -0.505 e. The summed E-state index contributed by atoms with van der Waals surface area (Å²) in [4.78, 5) is 0. The van der Waals surface area contributed by atoms with Crippen LogP contribution in [0.15, 0.2) is 0 Å². The van der Waals surface area contributed by atoms with Gasteiger partial charge >= 0.3 is 0 Å². The Bertz CT molecular complexity index is 181. The fraction of sp³-hybridized carbons (Fsp3) is 1.00. The van der Waals surface area contributed by atoms with E-state index in [-0.39, 0.29) is 0 Å². The zero-order valence-electron chi connectivity index (χ0n) is 4.72. The molecule has 2 aliphatic carbocycles. The fourth-order valence-corrected chi connectivity index (χ4v) is 2.57. The van der Waals surface area contributed by atoms with Crippen molar-refractivity contribution in [3.63, 3.8) is 0 Å². The molecular formula is C6H8N2. The molecule has 1 aliphatic heterocycles. The highest BCUT2D eigenvalue weighted by atomic mass is 15.6. The number of hydrogen-bond donors (Lipinski definition) is 0. The second-order valence-electron chi connectivity index (χ2n) is 3.41. The molecule has 0 radical (unpaired) electrons. The number of rotatable bonds is 0. The summed E-state index contributed by atoms with van der Waals surface area (Å²) in [5.74, 6) is 0. The first kappa shape index (κ1) is 3.59. The van der Waals surface area contributed by atoms with Gasteiger partial charge in [-0.05, 0) is 6.42 Å². The third-order valence-electron chi connectivity index (χ3n) is 3.27. The lowest BCUT2D eigenvalue weighted by molar-refractivity contribution is -0.504. The van der Waals surface area contributed by atoms with E-state index in [1.54, 1.807) is 4.70 Å².